The molecule has 0 radical (unpaired) electrons. The molecule has 3 aromatic heterocycles. The molecule has 1 atom stereocenters. The first-order chi connectivity index (χ1) is 17.0. The summed E-state index contributed by atoms with van der Waals surface area (Å²) in [5, 5.41) is 16.5. The predicted octanol–water partition coefficient (Wildman–Crippen LogP) is 2.21. The molecular formula is C25H23N9O. The van der Waals surface area contributed by atoms with Crippen LogP contribution in [0.1, 0.15) is 47.2 Å². The normalized spacial score (nSPS) is 18.5. The Labute approximate surface area is 200 Å². The Kier molecular flexibility index (Phi) is 4.76. The van der Waals surface area contributed by atoms with E-state index < -0.39 is 0 Å². The van der Waals surface area contributed by atoms with Crippen molar-refractivity contribution in [3.8, 4) is 6.07 Å². The van der Waals surface area contributed by atoms with E-state index in [0.29, 0.717) is 33.9 Å². The van der Waals surface area contributed by atoms with Crippen molar-refractivity contribution in [1.82, 2.24) is 30.1 Å². The molecule has 10 nitrogen and oxygen atoms in total. The third kappa shape index (κ3) is 3.32. The molecule has 1 aliphatic carbocycles. The smallest absolute Gasteiger partial charge is 0.264 e. The van der Waals surface area contributed by atoms with E-state index in [1.807, 2.05) is 6.07 Å². The van der Waals surface area contributed by atoms with Crippen LogP contribution in [0, 0.1) is 16.7 Å². The number of aromatic nitrogens is 6. The molecule has 1 saturated heterocycles. The van der Waals surface area contributed by atoms with E-state index in [1.54, 1.807) is 6.07 Å². The fourth-order valence-corrected chi connectivity index (χ4v) is 5.47. The Morgan fingerprint density at radius 1 is 1.23 bits per heavy atom. The highest BCUT2D eigenvalue weighted by molar-refractivity contribution is 5.91. The van der Waals surface area contributed by atoms with Crippen LogP contribution in [-0.4, -0.2) is 43.2 Å². The maximum atomic E-state index is 13.1. The zero-order chi connectivity index (χ0) is 24.2. The average molecular weight is 466 g/mol. The Morgan fingerprint density at radius 3 is 2.80 bits per heavy atom. The molecule has 1 spiro atoms. The van der Waals surface area contributed by atoms with Crippen LogP contribution in [0.2, 0.25) is 0 Å². The summed E-state index contributed by atoms with van der Waals surface area (Å²) in [6, 6.07) is 12.0. The number of nitrogens with one attached hydrogen (secondary N) is 2. The van der Waals surface area contributed by atoms with E-state index in [2.05, 4.69) is 65.9 Å². The molecular weight excluding hydrogens is 442 g/mol. The number of fused-ring (bicyclic) bond motifs is 2. The molecule has 0 amide bonds. The fourth-order valence-electron chi connectivity index (χ4n) is 5.47. The zero-order valence-electron chi connectivity index (χ0n) is 19.0. The van der Waals surface area contributed by atoms with Gasteiger partial charge in [-0.3, -0.25) is 14.9 Å². The minimum absolute atomic E-state index is 0.0192. The van der Waals surface area contributed by atoms with Gasteiger partial charge in [-0.2, -0.15) is 15.3 Å². The lowest BCUT2D eigenvalue weighted by Gasteiger charge is -2.42. The van der Waals surface area contributed by atoms with Crippen LogP contribution in [0.4, 0.5) is 5.95 Å². The number of hydrogen-bond acceptors (Lipinski definition) is 8. The summed E-state index contributed by atoms with van der Waals surface area (Å²) in [6.07, 6.45) is 4.30. The summed E-state index contributed by atoms with van der Waals surface area (Å²) in [6.45, 7) is 5.53. The van der Waals surface area contributed by atoms with Gasteiger partial charge < -0.3 is 10.6 Å². The van der Waals surface area contributed by atoms with Crippen molar-refractivity contribution in [2.75, 3.05) is 18.0 Å². The molecule has 2 aliphatic rings. The Balaban J connectivity index is 1.26. The van der Waals surface area contributed by atoms with E-state index in [9.17, 15) is 4.79 Å². The van der Waals surface area contributed by atoms with Gasteiger partial charge in [-0.25, -0.2) is 9.97 Å². The number of hydrogen-bond donors (Lipinski definition) is 3. The van der Waals surface area contributed by atoms with Crippen molar-refractivity contribution in [2.24, 2.45) is 11.1 Å². The minimum Gasteiger partial charge on any atom is -0.342 e. The van der Waals surface area contributed by atoms with Gasteiger partial charge in [-0.05, 0) is 41.9 Å². The highest BCUT2D eigenvalue weighted by Gasteiger charge is 2.46. The van der Waals surface area contributed by atoms with Crippen LogP contribution in [0.15, 0.2) is 47.9 Å². The van der Waals surface area contributed by atoms with Gasteiger partial charge in [-0.15, -0.1) is 0 Å². The second-order valence-corrected chi connectivity index (χ2v) is 9.24. The summed E-state index contributed by atoms with van der Waals surface area (Å²) in [5.41, 5.74) is 10.6. The third-order valence-electron chi connectivity index (χ3n) is 7.42. The van der Waals surface area contributed by atoms with Gasteiger partial charge in [0, 0.05) is 30.9 Å². The highest BCUT2D eigenvalue weighted by atomic mass is 16.1. The number of piperidine rings is 1. The van der Waals surface area contributed by atoms with Crippen LogP contribution >= 0.6 is 0 Å². The number of H-pyrrole nitrogens is 2. The van der Waals surface area contributed by atoms with Crippen molar-refractivity contribution in [1.29, 1.82) is 5.26 Å². The molecule has 35 heavy (non-hydrogen) atoms. The van der Waals surface area contributed by atoms with E-state index >= 15 is 0 Å². The maximum absolute atomic E-state index is 13.1. The van der Waals surface area contributed by atoms with Crippen LogP contribution in [0.3, 0.4) is 0 Å². The Hall–Kier alpha value is -4.36. The molecule has 1 aromatic carbocycles. The third-order valence-corrected chi connectivity index (χ3v) is 7.42. The largest absolute Gasteiger partial charge is 0.342 e. The number of benzene rings is 1. The molecule has 1 aliphatic heterocycles. The number of anilines is 1. The summed E-state index contributed by atoms with van der Waals surface area (Å²) < 4.78 is 0. The van der Waals surface area contributed by atoms with E-state index in [1.165, 1.54) is 17.3 Å². The molecule has 4 N–H and O–H groups in total. The van der Waals surface area contributed by atoms with Crippen molar-refractivity contribution >= 4 is 22.6 Å². The fraction of sp³-hybridized carbons (Fsp3) is 0.280. The van der Waals surface area contributed by atoms with Crippen LogP contribution in [0.25, 0.3) is 16.6 Å². The van der Waals surface area contributed by atoms with Gasteiger partial charge in [0.1, 0.15) is 17.1 Å². The van der Waals surface area contributed by atoms with Crippen molar-refractivity contribution < 1.29 is 0 Å². The highest BCUT2D eigenvalue weighted by Crippen LogP contribution is 2.50. The van der Waals surface area contributed by atoms with Gasteiger partial charge >= 0.3 is 0 Å². The molecule has 1 fully saturated rings. The number of nitrogens with two attached hydrogens (primary N) is 1. The standard InChI is InChI=1S/C25H23N9O/c1-14(17-6-9-28-18(13-26)29-17)20-19-22(33-32-20)30-24(31-23(19)35)34-10-7-25(8-11-34)12-15-4-2-3-5-16(15)21(25)27/h2-6,9,21H,1,7-8,10-12,27H2,(H2,30,31,32,33,35)/t21-/m1/s1. The number of aromatic amines is 2. The molecule has 4 aromatic rings. The first-order valence-corrected chi connectivity index (χ1v) is 11.5. The minimum atomic E-state index is -0.310. The summed E-state index contributed by atoms with van der Waals surface area (Å²) in [4.78, 5) is 30.8. The predicted molar refractivity (Wildman–Crippen MR) is 130 cm³/mol. The molecule has 0 saturated carbocycles. The Bertz CT molecular complexity index is 1570. The molecule has 6 rings (SSSR count). The molecule has 0 unspecified atom stereocenters. The average Bonchev–Trinajstić information content (AvgIpc) is 3.44. The molecule has 10 heteroatoms. The van der Waals surface area contributed by atoms with Crippen molar-refractivity contribution in [3.05, 3.63) is 81.8 Å². The molecule has 174 valence electrons. The lowest BCUT2D eigenvalue weighted by Crippen LogP contribution is -2.45. The maximum Gasteiger partial charge on any atom is 0.264 e. The van der Waals surface area contributed by atoms with Crippen LogP contribution in [-0.2, 0) is 6.42 Å². The SMILES string of the molecule is C=C(c1ccnc(C#N)n1)c1n[nH]c2nc(N3CCC4(CC3)Cc3ccccc3[C@H]4N)[nH]c(=O)c12. The van der Waals surface area contributed by atoms with Gasteiger partial charge in [0.2, 0.25) is 11.8 Å². The van der Waals surface area contributed by atoms with E-state index in [-0.39, 0.29) is 22.8 Å². The number of rotatable bonds is 3. The molecule has 4 heterocycles. The summed E-state index contributed by atoms with van der Waals surface area (Å²) in [7, 11) is 0. The first-order valence-electron chi connectivity index (χ1n) is 11.5. The van der Waals surface area contributed by atoms with Gasteiger partial charge in [0.15, 0.2) is 5.65 Å². The zero-order valence-corrected chi connectivity index (χ0v) is 19.0. The van der Waals surface area contributed by atoms with Crippen molar-refractivity contribution in [2.45, 2.75) is 25.3 Å². The Morgan fingerprint density at radius 2 is 2.03 bits per heavy atom. The van der Waals surface area contributed by atoms with Crippen molar-refractivity contribution in [3.63, 3.8) is 0 Å². The second kappa shape index (κ2) is 7.85. The monoisotopic (exact) mass is 465 g/mol. The number of nitriles is 1. The lowest BCUT2D eigenvalue weighted by atomic mass is 9.73. The van der Waals surface area contributed by atoms with E-state index in [0.717, 1.165) is 32.4 Å². The van der Waals surface area contributed by atoms with Crippen LogP contribution in [0.5, 0.6) is 0 Å². The number of nitrogens with zero attached hydrogens (tertiary/aromatic N) is 6. The second-order valence-electron chi connectivity index (χ2n) is 9.24. The van der Waals surface area contributed by atoms with Crippen LogP contribution < -0.4 is 16.2 Å². The van der Waals surface area contributed by atoms with Gasteiger partial charge in [0.05, 0.1) is 5.69 Å². The topological polar surface area (TPSA) is 153 Å². The van der Waals surface area contributed by atoms with Gasteiger partial charge in [-0.1, -0.05) is 30.8 Å². The summed E-state index contributed by atoms with van der Waals surface area (Å²) >= 11 is 0. The molecule has 0 bridgehead atoms. The quantitative estimate of drug-likeness (QED) is 0.416. The first kappa shape index (κ1) is 21.2. The van der Waals surface area contributed by atoms with E-state index in [4.69, 9.17) is 11.0 Å². The summed E-state index contributed by atoms with van der Waals surface area (Å²) in [5.74, 6) is 0.529. The van der Waals surface area contributed by atoms with Gasteiger partial charge in [0.25, 0.3) is 5.56 Å². The lowest BCUT2D eigenvalue weighted by molar-refractivity contribution is 0.187.